The van der Waals surface area contributed by atoms with Crippen molar-refractivity contribution in [3.8, 4) is 0 Å². The highest BCUT2D eigenvalue weighted by molar-refractivity contribution is 4.92. The van der Waals surface area contributed by atoms with Crippen LogP contribution in [0.5, 0.6) is 0 Å². The Kier molecular flexibility index (Phi) is 3.19. The van der Waals surface area contributed by atoms with E-state index >= 15 is 0 Å². The third-order valence-electron chi connectivity index (χ3n) is 2.89. The van der Waals surface area contributed by atoms with E-state index in [4.69, 9.17) is 0 Å². The lowest BCUT2D eigenvalue weighted by Crippen LogP contribution is -2.32. The van der Waals surface area contributed by atoms with Gasteiger partial charge in [-0.3, -0.25) is 0 Å². The molecule has 0 aliphatic carbocycles. The molecule has 1 saturated heterocycles. The predicted molar refractivity (Wildman–Crippen MR) is 57.3 cm³/mol. The molecule has 0 spiro atoms. The van der Waals surface area contributed by atoms with Crippen LogP contribution in [0.25, 0.3) is 0 Å². The van der Waals surface area contributed by atoms with Crippen LogP contribution >= 0.6 is 0 Å². The van der Waals surface area contributed by atoms with E-state index < -0.39 is 0 Å². The second-order valence-corrected chi connectivity index (χ2v) is 4.16. The van der Waals surface area contributed by atoms with Crippen molar-refractivity contribution in [1.29, 1.82) is 0 Å². The first-order chi connectivity index (χ1) is 6.84. The standard InChI is InChI=1S/C11H19N3/c1-11-9-14(10-12-11)8-7-13-5-3-2-4-6-13/h9-10H,2-8H2,1H3. The number of hydrogen-bond donors (Lipinski definition) is 0. The van der Waals surface area contributed by atoms with E-state index in [1.54, 1.807) is 0 Å². The van der Waals surface area contributed by atoms with E-state index in [1.165, 1.54) is 38.9 Å². The van der Waals surface area contributed by atoms with Crippen molar-refractivity contribution < 1.29 is 0 Å². The van der Waals surface area contributed by atoms with Crippen molar-refractivity contribution in [1.82, 2.24) is 14.5 Å². The first kappa shape index (κ1) is 9.71. The zero-order valence-corrected chi connectivity index (χ0v) is 8.95. The van der Waals surface area contributed by atoms with Crippen LogP contribution in [-0.2, 0) is 6.54 Å². The first-order valence-electron chi connectivity index (χ1n) is 5.55. The zero-order chi connectivity index (χ0) is 9.80. The fourth-order valence-electron chi connectivity index (χ4n) is 2.03. The summed E-state index contributed by atoms with van der Waals surface area (Å²) in [5.41, 5.74) is 1.11. The lowest BCUT2D eigenvalue weighted by Gasteiger charge is -2.26. The predicted octanol–water partition coefficient (Wildman–Crippen LogP) is 1.68. The van der Waals surface area contributed by atoms with Crippen LogP contribution < -0.4 is 0 Å². The first-order valence-corrected chi connectivity index (χ1v) is 5.55. The summed E-state index contributed by atoms with van der Waals surface area (Å²) in [4.78, 5) is 6.78. The molecule has 1 fully saturated rings. The Morgan fingerprint density at radius 3 is 2.64 bits per heavy atom. The third-order valence-corrected chi connectivity index (χ3v) is 2.89. The molecular formula is C11H19N3. The van der Waals surface area contributed by atoms with Gasteiger partial charge in [-0.2, -0.15) is 0 Å². The molecule has 3 nitrogen and oxygen atoms in total. The molecule has 2 heterocycles. The fourth-order valence-corrected chi connectivity index (χ4v) is 2.03. The van der Waals surface area contributed by atoms with E-state index in [1.807, 2.05) is 13.3 Å². The molecule has 0 saturated carbocycles. The van der Waals surface area contributed by atoms with E-state index in [-0.39, 0.29) is 0 Å². The van der Waals surface area contributed by atoms with Crippen molar-refractivity contribution >= 4 is 0 Å². The molecule has 0 aromatic carbocycles. The van der Waals surface area contributed by atoms with E-state index in [9.17, 15) is 0 Å². The minimum Gasteiger partial charge on any atom is -0.336 e. The van der Waals surface area contributed by atoms with Crippen LogP contribution in [0.3, 0.4) is 0 Å². The van der Waals surface area contributed by atoms with Crippen molar-refractivity contribution in [3.63, 3.8) is 0 Å². The highest BCUT2D eigenvalue weighted by atomic mass is 15.2. The Hall–Kier alpha value is -0.830. The van der Waals surface area contributed by atoms with Crippen LogP contribution in [0, 0.1) is 6.92 Å². The minimum absolute atomic E-state index is 1.08. The average molecular weight is 193 g/mol. The highest BCUT2D eigenvalue weighted by Crippen LogP contribution is 2.08. The van der Waals surface area contributed by atoms with E-state index in [0.29, 0.717) is 0 Å². The maximum Gasteiger partial charge on any atom is 0.0949 e. The number of imidazole rings is 1. The molecule has 0 unspecified atom stereocenters. The lowest BCUT2D eigenvalue weighted by molar-refractivity contribution is 0.221. The molecule has 1 aliphatic heterocycles. The number of likely N-dealkylation sites (tertiary alicyclic amines) is 1. The van der Waals surface area contributed by atoms with Crippen LogP contribution in [0.2, 0.25) is 0 Å². The maximum absolute atomic E-state index is 4.22. The zero-order valence-electron chi connectivity index (χ0n) is 8.95. The van der Waals surface area contributed by atoms with Gasteiger partial charge in [-0.25, -0.2) is 4.98 Å². The molecule has 78 valence electrons. The quantitative estimate of drug-likeness (QED) is 0.728. The maximum atomic E-state index is 4.22. The molecule has 3 heteroatoms. The van der Waals surface area contributed by atoms with Gasteiger partial charge in [-0.1, -0.05) is 6.42 Å². The van der Waals surface area contributed by atoms with Crippen molar-refractivity contribution in [2.75, 3.05) is 19.6 Å². The summed E-state index contributed by atoms with van der Waals surface area (Å²) in [5, 5.41) is 0. The van der Waals surface area contributed by atoms with Gasteiger partial charge >= 0.3 is 0 Å². The van der Waals surface area contributed by atoms with Crippen LogP contribution in [0.15, 0.2) is 12.5 Å². The molecule has 14 heavy (non-hydrogen) atoms. The third kappa shape index (κ3) is 2.58. The molecule has 2 rings (SSSR count). The Labute approximate surface area is 85.7 Å². The van der Waals surface area contributed by atoms with E-state index in [2.05, 4.69) is 20.6 Å². The lowest BCUT2D eigenvalue weighted by atomic mass is 10.1. The van der Waals surface area contributed by atoms with Gasteiger partial charge in [-0.05, 0) is 32.9 Å². The summed E-state index contributed by atoms with van der Waals surface area (Å²) >= 11 is 0. The van der Waals surface area contributed by atoms with Crippen LogP contribution in [0.1, 0.15) is 25.0 Å². The molecule has 1 aliphatic rings. The van der Waals surface area contributed by atoms with Crippen molar-refractivity contribution in [2.45, 2.75) is 32.7 Å². The number of rotatable bonds is 3. The summed E-state index contributed by atoms with van der Waals surface area (Å²) < 4.78 is 2.18. The number of hydrogen-bond acceptors (Lipinski definition) is 2. The summed E-state index contributed by atoms with van der Waals surface area (Å²) in [5.74, 6) is 0. The van der Waals surface area contributed by atoms with Gasteiger partial charge in [0.2, 0.25) is 0 Å². The average Bonchev–Trinajstić information content (AvgIpc) is 2.63. The number of aromatic nitrogens is 2. The van der Waals surface area contributed by atoms with Gasteiger partial charge in [0, 0.05) is 19.3 Å². The molecule has 1 aromatic rings. The van der Waals surface area contributed by atoms with Gasteiger partial charge in [0.05, 0.1) is 12.0 Å². The molecule has 0 bridgehead atoms. The van der Waals surface area contributed by atoms with E-state index in [0.717, 1.165) is 12.2 Å². The van der Waals surface area contributed by atoms with Crippen LogP contribution in [0.4, 0.5) is 0 Å². The molecular weight excluding hydrogens is 174 g/mol. The fraction of sp³-hybridized carbons (Fsp3) is 0.727. The van der Waals surface area contributed by atoms with Crippen molar-refractivity contribution in [2.24, 2.45) is 0 Å². The van der Waals surface area contributed by atoms with Gasteiger partial charge in [-0.15, -0.1) is 0 Å². The topological polar surface area (TPSA) is 21.1 Å². The Balaban J connectivity index is 1.76. The number of nitrogens with zero attached hydrogens (tertiary/aromatic N) is 3. The molecule has 0 atom stereocenters. The SMILES string of the molecule is Cc1cn(CCN2CCCCC2)cn1. The largest absolute Gasteiger partial charge is 0.336 e. The summed E-state index contributed by atoms with van der Waals surface area (Å²) in [6.45, 7) is 6.87. The monoisotopic (exact) mass is 193 g/mol. The normalized spacial score (nSPS) is 18.6. The van der Waals surface area contributed by atoms with Gasteiger partial charge in [0.1, 0.15) is 0 Å². The molecule has 0 amide bonds. The Morgan fingerprint density at radius 2 is 2.00 bits per heavy atom. The molecule has 0 radical (unpaired) electrons. The molecule has 1 aromatic heterocycles. The highest BCUT2D eigenvalue weighted by Gasteiger charge is 2.09. The molecule has 0 N–H and O–H groups in total. The van der Waals surface area contributed by atoms with Crippen molar-refractivity contribution in [3.05, 3.63) is 18.2 Å². The Bertz CT molecular complexity index is 274. The summed E-state index contributed by atoms with van der Waals surface area (Å²) in [6.07, 6.45) is 8.22. The second-order valence-electron chi connectivity index (χ2n) is 4.16. The smallest absolute Gasteiger partial charge is 0.0949 e. The van der Waals surface area contributed by atoms with Gasteiger partial charge in [0.25, 0.3) is 0 Å². The van der Waals surface area contributed by atoms with Gasteiger partial charge in [0.15, 0.2) is 0 Å². The summed E-state index contributed by atoms with van der Waals surface area (Å²) in [7, 11) is 0. The van der Waals surface area contributed by atoms with Crippen LogP contribution in [-0.4, -0.2) is 34.1 Å². The van der Waals surface area contributed by atoms with Gasteiger partial charge < -0.3 is 9.47 Å². The number of aryl methyl sites for hydroxylation is 1. The second kappa shape index (κ2) is 4.60. The Morgan fingerprint density at radius 1 is 1.21 bits per heavy atom. The summed E-state index contributed by atoms with van der Waals surface area (Å²) in [6, 6.07) is 0. The number of piperidine rings is 1. The minimum atomic E-state index is 1.08.